The van der Waals surface area contributed by atoms with E-state index in [1.807, 2.05) is 0 Å². The van der Waals surface area contributed by atoms with Crippen LogP contribution in [0.15, 0.2) is 29.2 Å². The summed E-state index contributed by atoms with van der Waals surface area (Å²) in [5.74, 6) is 1.43. The van der Waals surface area contributed by atoms with Crippen molar-refractivity contribution >= 4 is 11.8 Å². The topological polar surface area (TPSA) is 20.2 Å². The maximum atomic E-state index is 9.72. The van der Waals surface area contributed by atoms with Crippen LogP contribution >= 0.6 is 11.8 Å². The van der Waals surface area contributed by atoms with Crippen molar-refractivity contribution in [1.82, 2.24) is 0 Å². The molecule has 1 aliphatic carbocycles. The fraction of sp³-hybridized carbons (Fsp3) is 0.500. The van der Waals surface area contributed by atoms with E-state index in [1.165, 1.54) is 23.3 Å². The molecule has 2 rings (SSSR count). The molecule has 0 radical (unpaired) electrons. The van der Waals surface area contributed by atoms with Gasteiger partial charge in [0.15, 0.2) is 0 Å². The molecule has 14 heavy (non-hydrogen) atoms. The van der Waals surface area contributed by atoms with E-state index in [0.717, 1.165) is 5.75 Å². The van der Waals surface area contributed by atoms with Gasteiger partial charge in [-0.3, -0.25) is 0 Å². The van der Waals surface area contributed by atoms with Gasteiger partial charge in [0.2, 0.25) is 0 Å². The maximum absolute atomic E-state index is 9.72. The summed E-state index contributed by atoms with van der Waals surface area (Å²) >= 11 is 1.77. The first-order valence-corrected chi connectivity index (χ1v) is 6.12. The van der Waals surface area contributed by atoms with Gasteiger partial charge < -0.3 is 5.11 Å². The Morgan fingerprint density at radius 3 is 2.79 bits per heavy atom. The standard InChI is InChI=1S/C12H16OS/c1-9-4-2-3-5-12(9)14-8-11(13)10-6-7-10/h2-5,10-11,13H,6-8H2,1H3. The summed E-state index contributed by atoms with van der Waals surface area (Å²) in [6.45, 7) is 2.12. The summed E-state index contributed by atoms with van der Waals surface area (Å²) < 4.78 is 0. The van der Waals surface area contributed by atoms with Gasteiger partial charge in [-0.1, -0.05) is 18.2 Å². The highest BCUT2D eigenvalue weighted by Gasteiger charge is 2.29. The number of hydrogen-bond donors (Lipinski definition) is 1. The van der Waals surface area contributed by atoms with Gasteiger partial charge >= 0.3 is 0 Å². The SMILES string of the molecule is Cc1ccccc1SCC(O)C1CC1. The molecule has 0 aliphatic heterocycles. The molecule has 1 fully saturated rings. The van der Waals surface area contributed by atoms with Crippen molar-refractivity contribution in [1.29, 1.82) is 0 Å². The number of aliphatic hydroxyl groups excluding tert-OH is 1. The van der Waals surface area contributed by atoms with Gasteiger partial charge in [-0.05, 0) is 37.3 Å². The number of benzene rings is 1. The average molecular weight is 208 g/mol. The lowest BCUT2D eigenvalue weighted by atomic mass is 10.2. The Morgan fingerprint density at radius 1 is 1.43 bits per heavy atom. The molecule has 1 N–H and O–H groups in total. The van der Waals surface area contributed by atoms with Gasteiger partial charge in [-0.25, -0.2) is 0 Å². The van der Waals surface area contributed by atoms with Gasteiger partial charge in [0, 0.05) is 10.6 Å². The highest BCUT2D eigenvalue weighted by Crippen LogP contribution is 2.35. The summed E-state index contributed by atoms with van der Waals surface area (Å²) in [4.78, 5) is 1.30. The second-order valence-corrected chi connectivity index (χ2v) is 5.04. The van der Waals surface area contributed by atoms with Crippen molar-refractivity contribution in [2.24, 2.45) is 5.92 Å². The summed E-state index contributed by atoms with van der Waals surface area (Å²) in [6.07, 6.45) is 2.34. The number of aryl methyl sites for hydroxylation is 1. The van der Waals surface area contributed by atoms with E-state index >= 15 is 0 Å². The van der Waals surface area contributed by atoms with E-state index in [9.17, 15) is 5.11 Å². The Morgan fingerprint density at radius 2 is 2.14 bits per heavy atom. The van der Waals surface area contributed by atoms with E-state index in [0.29, 0.717) is 5.92 Å². The Labute approximate surface area is 89.5 Å². The molecule has 1 unspecified atom stereocenters. The Balaban J connectivity index is 1.87. The van der Waals surface area contributed by atoms with E-state index in [2.05, 4.69) is 31.2 Å². The molecule has 2 heteroatoms. The summed E-state index contributed by atoms with van der Waals surface area (Å²) in [6, 6.07) is 8.35. The van der Waals surface area contributed by atoms with Crippen LogP contribution in [0.2, 0.25) is 0 Å². The second kappa shape index (κ2) is 4.37. The Kier molecular flexibility index (Phi) is 3.14. The molecule has 0 aromatic heterocycles. The van der Waals surface area contributed by atoms with Crippen LogP contribution in [0.5, 0.6) is 0 Å². The number of hydrogen-bond acceptors (Lipinski definition) is 2. The molecule has 0 bridgehead atoms. The van der Waals surface area contributed by atoms with Crippen molar-refractivity contribution in [3.63, 3.8) is 0 Å². The van der Waals surface area contributed by atoms with Crippen LogP contribution < -0.4 is 0 Å². The lowest BCUT2D eigenvalue weighted by molar-refractivity contribution is 0.176. The highest BCUT2D eigenvalue weighted by atomic mass is 32.2. The number of thioether (sulfide) groups is 1. The normalized spacial score (nSPS) is 18.1. The molecule has 1 saturated carbocycles. The fourth-order valence-corrected chi connectivity index (χ4v) is 2.60. The van der Waals surface area contributed by atoms with Gasteiger partial charge in [-0.15, -0.1) is 11.8 Å². The number of aliphatic hydroxyl groups is 1. The third-order valence-corrected chi connectivity index (χ3v) is 3.95. The van der Waals surface area contributed by atoms with E-state index in [1.54, 1.807) is 11.8 Å². The Hall–Kier alpha value is -0.470. The van der Waals surface area contributed by atoms with Crippen molar-refractivity contribution in [3.8, 4) is 0 Å². The van der Waals surface area contributed by atoms with Crippen LogP contribution in [0.3, 0.4) is 0 Å². The van der Waals surface area contributed by atoms with Crippen molar-refractivity contribution in [3.05, 3.63) is 29.8 Å². The molecule has 1 aromatic carbocycles. The van der Waals surface area contributed by atoms with Gasteiger partial charge in [0.1, 0.15) is 0 Å². The predicted octanol–water partition coefficient (Wildman–Crippen LogP) is 2.86. The van der Waals surface area contributed by atoms with Gasteiger partial charge in [0.25, 0.3) is 0 Å². The van der Waals surface area contributed by atoms with Crippen LogP contribution in [0.25, 0.3) is 0 Å². The van der Waals surface area contributed by atoms with Crippen LogP contribution in [0.4, 0.5) is 0 Å². The molecule has 1 nitrogen and oxygen atoms in total. The molecule has 1 aromatic rings. The first-order chi connectivity index (χ1) is 6.77. The average Bonchev–Trinajstić information content (AvgIpc) is 2.99. The van der Waals surface area contributed by atoms with Crippen molar-refractivity contribution in [2.75, 3.05) is 5.75 Å². The quantitative estimate of drug-likeness (QED) is 0.768. The lowest BCUT2D eigenvalue weighted by Crippen LogP contribution is -2.11. The third-order valence-electron chi connectivity index (χ3n) is 2.67. The largest absolute Gasteiger partial charge is 0.392 e. The second-order valence-electron chi connectivity index (χ2n) is 3.98. The minimum absolute atomic E-state index is 0.0976. The maximum Gasteiger partial charge on any atom is 0.0662 e. The summed E-state index contributed by atoms with van der Waals surface area (Å²) in [5, 5.41) is 9.72. The number of rotatable bonds is 4. The predicted molar refractivity (Wildman–Crippen MR) is 60.6 cm³/mol. The van der Waals surface area contributed by atoms with Gasteiger partial charge in [-0.2, -0.15) is 0 Å². The molecular weight excluding hydrogens is 192 g/mol. The molecule has 1 atom stereocenters. The van der Waals surface area contributed by atoms with Crippen LogP contribution in [0, 0.1) is 12.8 Å². The van der Waals surface area contributed by atoms with E-state index < -0.39 is 0 Å². The third kappa shape index (κ3) is 2.52. The molecule has 0 saturated heterocycles. The zero-order chi connectivity index (χ0) is 9.97. The molecule has 0 amide bonds. The zero-order valence-corrected chi connectivity index (χ0v) is 9.26. The van der Waals surface area contributed by atoms with Gasteiger partial charge in [0.05, 0.1) is 6.10 Å². The lowest BCUT2D eigenvalue weighted by Gasteiger charge is -2.09. The highest BCUT2D eigenvalue weighted by molar-refractivity contribution is 7.99. The van der Waals surface area contributed by atoms with Crippen molar-refractivity contribution < 1.29 is 5.11 Å². The fourth-order valence-electron chi connectivity index (χ4n) is 1.51. The molecular formula is C12H16OS. The molecule has 0 heterocycles. The van der Waals surface area contributed by atoms with Crippen LogP contribution in [0.1, 0.15) is 18.4 Å². The zero-order valence-electron chi connectivity index (χ0n) is 8.44. The first kappa shape index (κ1) is 10.1. The minimum atomic E-state index is -0.0976. The van der Waals surface area contributed by atoms with Crippen molar-refractivity contribution in [2.45, 2.75) is 30.8 Å². The minimum Gasteiger partial charge on any atom is -0.392 e. The smallest absolute Gasteiger partial charge is 0.0662 e. The summed E-state index contributed by atoms with van der Waals surface area (Å²) in [5.41, 5.74) is 1.31. The Bertz CT molecular complexity index is 307. The molecule has 1 aliphatic rings. The van der Waals surface area contributed by atoms with Crippen LogP contribution in [-0.2, 0) is 0 Å². The molecule has 76 valence electrons. The molecule has 0 spiro atoms. The van der Waals surface area contributed by atoms with E-state index in [4.69, 9.17) is 0 Å². The van der Waals surface area contributed by atoms with E-state index in [-0.39, 0.29) is 6.10 Å². The monoisotopic (exact) mass is 208 g/mol. The van der Waals surface area contributed by atoms with Crippen LogP contribution in [-0.4, -0.2) is 17.0 Å². The first-order valence-electron chi connectivity index (χ1n) is 5.14. The summed E-state index contributed by atoms with van der Waals surface area (Å²) in [7, 11) is 0.